The average Bonchev–Trinajstić information content (AvgIpc) is 3.78. The number of H-pyrrole nitrogens is 2. The number of morpholine rings is 1. The molecule has 27 nitrogen and oxygen atoms in total. The molecule has 7 rings (SSSR count). The lowest BCUT2D eigenvalue weighted by Gasteiger charge is -2.42. The van der Waals surface area contributed by atoms with Crippen LogP contribution >= 0.6 is 23.5 Å². The molecular weight excluding hydrogens is 839 g/mol. The molecule has 0 spiro atoms. The fourth-order valence-electron chi connectivity index (χ4n) is 6.63. The number of aromatic nitrogens is 6. The van der Waals surface area contributed by atoms with Crippen molar-refractivity contribution < 1.29 is 65.7 Å². The molecule has 0 amide bonds. The fraction of sp³-hybridized carbons (Fsp3) is 0.464. The van der Waals surface area contributed by atoms with Gasteiger partial charge < -0.3 is 55.6 Å². The number of aliphatic hydroxyl groups is 2. The molecule has 9 atom stereocenters. The molecule has 2 fully saturated rings. The van der Waals surface area contributed by atoms with Gasteiger partial charge in [-0.2, -0.15) is 18.6 Å². The van der Waals surface area contributed by atoms with E-state index in [1.54, 1.807) is 16.8 Å². The van der Waals surface area contributed by atoms with Gasteiger partial charge in [0.15, 0.2) is 23.2 Å². The van der Waals surface area contributed by atoms with Crippen molar-refractivity contribution >= 4 is 58.0 Å². The van der Waals surface area contributed by atoms with Crippen LogP contribution in [-0.4, -0.2) is 130 Å². The summed E-state index contributed by atoms with van der Waals surface area (Å²) in [7, 11) is -15.5. The van der Waals surface area contributed by atoms with Crippen LogP contribution in [0.5, 0.6) is 0 Å². The van der Waals surface area contributed by atoms with Gasteiger partial charge in [-0.05, 0) is 5.56 Å². The number of nitrogens with two attached hydrogens (primary N) is 2. The first-order chi connectivity index (χ1) is 27.3. The van der Waals surface area contributed by atoms with Crippen molar-refractivity contribution in [2.24, 2.45) is 0 Å². The van der Waals surface area contributed by atoms with Gasteiger partial charge in [0.2, 0.25) is 11.9 Å². The second-order valence-electron chi connectivity index (χ2n) is 13.3. The largest absolute Gasteiger partial charge is 0.490 e. The summed E-state index contributed by atoms with van der Waals surface area (Å²) < 4.78 is 69.2. The molecule has 6 unspecified atom stereocenters. The lowest BCUT2D eigenvalue weighted by molar-refractivity contribution is -0.103. The number of nitrogens with zero attached hydrogens (tertiary/aromatic N) is 7. The van der Waals surface area contributed by atoms with Crippen molar-refractivity contribution in [2.75, 3.05) is 61.3 Å². The zero-order valence-corrected chi connectivity index (χ0v) is 32.7. The molecule has 4 aromatic rings. The molecule has 58 heavy (non-hydrogen) atoms. The number of hydrogen-bond donors (Lipinski definition) is 9. The Hall–Kier alpha value is -4.14. The summed E-state index contributed by atoms with van der Waals surface area (Å²) in [6.45, 7) is -0.827. The minimum atomic E-state index is -5.93. The second-order valence-corrected chi connectivity index (χ2v) is 17.9. The van der Waals surface area contributed by atoms with Crippen LogP contribution < -0.4 is 32.4 Å². The summed E-state index contributed by atoms with van der Waals surface area (Å²) in [5.74, 6) is -0.188. The van der Waals surface area contributed by atoms with E-state index in [1.165, 1.54) is 0 Å². The van der Waals surface area contributed by atoms with Crippen LogP contribution in [0, 0.1) is 0 Å². The van der Waals surface area contributed by atoms with Crippen molar-refractivity contribution in [1.82, 2.24) is 34.4 Å². The van der Waals surface area contributed by atoms with Gasteiger partial charge in [-0.25, -0.2) is 18.7 Å². The maximum atomic E-state index is 12.9. The highest BCUT2D eigenvalue weighted by atomic mass is 31.3. The molecule has 1 aromatic carbocycles. The van der Waals surface area contributed by atoms with E-state index in [2.05, 4.69) is 38.1 Å². The Balaban J connectivity index is 0.970. The number of aliphatic hydroxyl groups excluding tert-OH is 2. The van der Waals surface area contributed by atoms with Crippen LogP contribution in [0.1, 0.15) is 11.8 Å². The second kappa shape index (κ2) is 16.1. The number of hydrogen-bond acceptors (Lipinski definition) is 21. The summed E-state index contributed by atoms with van der Waals surface area (Å²) >= 11 is 0. The number of phosphoric ester groups is 2. The number of nitrogen functional groups attached to an aromatic ring is 2. The van der Waals surface area contributed by atoms with Crippen LogP contribution in [0.3, 0.4) is 0 Å². The van der Waals surface area contributed by atoms with Gasteiger partial charge in [0.1, 0.15) is 30.2 Å². The van der Waals surface area contributed by atoms with Crippen molar-refractivity contribution in [3.63, 3.8) is 0 Å². The van der Waals surface area contributed by atoms with Gasteiger partial charge in [0.05, 0.1) is 32.3 Å². The van der Waals surface area contributed by atoms with Gasteiger partial charge in [-0.1, -0.05) is 30.3 Å². The molecule has 3 aromatic heterocycles. The Morgan fingerprint density at radius 2 is 1.53 bits per heavy atom. The lowest BCUT2D eigenvalue weighted by atomic mass is 10.1. The molecule has 0 radical (unpaired) electrons. The van der Waals surface area contributed by atoms with E-state index in [4.69, 9.17) is 25.5 Å². The van der Waals surface area contributed by atoms with Crippen molar-refractivity contribution in [3.05, 3.63) is 62.9 Å². The molecule has 3 aliphatic heterocycles. The number of phosphoric acid groups is 3. The predicted molar refractivity (Wildman–Crippen MR) is 197 cm³/mol. The van der Waals surface area contributed by atoms with Gasteiger partial charge in [-0.3, -0.25) is 38.1 Å². The summed E-state index contributed by atoms with van der Waals surface area (Å²) in [6, 6.07) is 9.32. The standard InChI is InChI=1S/C28H38N11O16P3/c1-36-13-39(23-19(36)25(43)35-28(30)33-23)17-9-37(7-14-5-3-2-4-6-14)8-15(52-17)10-50-56(44,45)54-58(48,49)55-57(46,47)51-11-16-20(40)21(41)26(53-16)38-12-31-18-22(38)32-27(29)34-24(18)42/h2-6,12,15-17,20-21,26,40-41H,7-11,13H2,1H3,(H,44,45)(H,46,47)(H,48,49)(H3,29,32,34,42)(H3,30,33,35,43)/t15-,16?,17?,20+,21+,26?/m0/s1. The van der Waals surface area contributed by atoms with E-state index in [1.807, 2.05) is 35.2 Å². The maximum Gasteiger partial charge on any atom is 0.490 e. The van der Waals surface area contributed by atoms with Gasteiger partial charge in [0.25, 0.3) is 11.1 Å². The van der Waals surface area contributed by atoms with E-state index in [9.17, 15) is 48.2 Å². The van der Waals surface area contributed by atoms with E-state index in [0.717, 1.165) is 16.5 Å². The lowest BCUT2D eigenvalue weighted by Crippen LogP contribution is -2.55. The molecule has 0 aliphatic carbocycles. The molecule has 30 heteroatoms. The van der Waals surface area contributed by atoms with Gasteiger partial charge >= 0.3 is 23.5 Å². The quantitative estimate of drug-likeness (QED) is 0.0650. The van der Waals surface area contributed by atoms with Crippen molar-refractivity contribution in [2.45, 2.75) is 43.4 Å². The SMILES string of the molecule is CN1CN(C2CN(Cc3ccccc3)C[C@@H](COP(=O)(O)OP(=O)(O)OP(=O)(O)OCC3OC(n4cnc5c(=O)[nH]c(N)nc54)[C@H](O)[C@@H]3O)O2)c2nc(N)[nH]c(=O)c21. The van der Waals surface area contributed by atoms with E-state index < -0.39 is 84.7 Å². The smallest absolute Gasteiger partial charge is 0.387 e. The third-order valence-electron chi connectivity index (χ3n) is 9.04. The summed E-state index contributed by atoms with van der Waals surface area (Å²) in [5.41, 5.74) is 11.1. The zero-order valence-electron chi connectivity index (χ0n) is 30.0. The third-order valence-corrected chi connectivity index (χ3v) is 13.3. The van der Waals surface area contributed by atoms with Crippen LogP contribution in [0.15, 0.2) is 46.2 Å². The topological polar surface area (TPSA) is 379 Å². The number of aromatic amines is 2. The Morgan fingerprint density at radius 3 is 2.24 bits per heavy atom. The number of anilines is 4. The number of ether oxygens (including phenoxy) is 2. The van der Waals surface area contributed by atoms with E-state index >= 15 is 0 Å². The van der Waals surface area contributed by atoms with E-state index in [-0.39, 0.29) is 54.3 Å². The Morgan fingerprint density at radius 1 is 0.879 bits per heavy atom. The molecule has 0 bridgehead atoms. The first kappa shape index (κ1) is 42.0. The highest BCUT2D eigenvalue weighted by Crippen LogP contribution is 2.67. The number of benzene rings is 1. The predicted octanol–water partition coefficient (Wildman–Crippen LogP) is -1.50. The third kappa shape index (κ3) is 9.18. The Bertz CT molecular complexity index is 2420. The number of fused-ring (bicyclic) bond motifs is 2. The van der Waals surface area contributed by atoms with Crippen molar-refractivity contribution in [3.8, 4) is 0 Å². The first-order valence-electron chi connectivity index (χ1n) is 17.0. The molecular formula is C28H38N11O16P3. The Labute approximate surface area is 325 Å². The first-order valence-corrected chi connectivity index (χ1v) is 21.5. The van der Waals surface area contributed by atoms with Crippen LogP contribution in [0.2, 0.25) is 0 Å². The fourth-order valence-corrected chi connectivity index (χ4v) is 10.2. The molecule has 11 N–H and O–H groups in total. The molecule has 3 aliphatic rings. The molecule has 316 valence electrons. The van der Waals surface area contributed by atoms with Crippen LogP contribution in [0.25, 0.3) is 11.2 Å². The molecule has 6 heterocycles. The highest BCUT2D eigenvalue weighted by Gasteiger charge is 2.48. The van der Waals surface area contributed by atoms with Crippen molar-refractivity contribution in [1.29, 1.82) is 0 Å². The minimum absolute atomic E-state index is 0.115. The summed E-state index contributed by atoms with van der Waals surface area (Å²) in [5, 5.41) is 21.1. The highest BCUT2D eigenvalue weighted by molar-refractivity contribution is 7.66. The van der Waals surface area contributed by atoms with E-state index in [0.29, 0.717) is 6.54 Å². The Kier molecular flexibility index (Phi) is 11.7. The maximum absolute atomic E-state index is 12.9. The van der Waals surface area contributed by atoms with Crippen LogP contribution in [0.4, 0.5) is 23.4 Å². The molecule has 2 saturated heterocycles. The monoisotopic (exact) mass is 877 g/mol. The average molecular weight is 878 g/mol. The summed E-state index contributed by atoms with van der Waals surface area (Å²) in [4.78, 5) is 77.6. The van der Waals surface area contributed by atoms with Crippen LogP contribution in [-0.2, 0) is 47.4 Å². The number of imidazole rings is 1. The number of nitrogens with one attached hydrogen (secondary N) is 2. The molecule has 0 saturated carbocycles. The minimum Gasteiger partial charge on any atom is -0.387 e. The summed E-state index contributed by atoms with van der Waals surface area (Å²) in [6.07, 6.45) is -7.34. The van der Waals surface area contributed by atoms with Gasteiger partial charge in [0, 0.05) is 26.7 Å². The number of rotatable bonds is 14. The van der Waals surface area contributed by atoms with Gasteiger partial charge in [-0.15, -0.1) is 0 Å². The normalized spacial score (nSPS) is 27.0. The zero-order chi connectivity index (χ0) is 41.7.